The van der Waals surface area contributed by atoms with Crippen molar-refractivity contribution in [3.05, 3.63) is 106 Å². The number of H-pyrrole nitrogens is 1. The minimum absolute atomic E-state index is 0.246. The summed E-state index contributed by atoms with van der Waals surface area (Å²) < 4.78 is 2.07. The van der Waals surface area contributed by atoms with Crippen molar-refractivity contribution in [2.45, 2.75) is 54.5 Å². The Hall–Kier alpha value is -4.17. The highest BCUT2D eigenvalue weighted by atomic mass is 32.2. The number of aromatic nitrogens is 4. The largest absolute Gasteiger partial charge is 0.478 e. The number of aromatic amines is 1. The highest BCUT2D eigenvalue weighted by molar-refractivity contribution is 7.99. The van der Waals surface area contributed by atoms with E-state index < -0.39 is 5.97 Å². The molecule has 2 heterocycles. The SMILES string of the molecule is O=C(O)c1ccccc1-c1ccc(Cn2c(C3CCCCC3)nc3c(Sc4ccccc4)n[nH]c(=O)c32)cc1. The van der Waals surface area contributed by atoms with Crippen LogP contribution in [0.25, 0.3) is 22.2 Å². The number of carboxylic acid groups (broad SMARTS) is 1. The molecular weight excluding hydrogens is 508 g/mol. The molecule has 0 unspecified atom stereocenters. The van der Waals surface area contributed by atoms with Crippen LogP contribution in [-0.2, 0) is 6.54 Å². The lowest BCUT2D eigenvalue weighted by Crippen LogP contribution is -2.17. The highest BCUT2D eigenvalue weighted by Gasteiger charge is 2.26. The Bertz CT molecular complexity index is 1690. The number of rotatable bonds is 7. The van der Waals surface area contributed by atoms with Crippen molar-refractivity contribution in [3.8, 4) is 11.1 Å². The molecule has 0 saturated heterocycles. The lowest BCUT2D eigenvalue weighted by molar-refractivity contribution is 0.0697. The third kappa shape index (κ3) is 5.12. The second kappa shape index (κ2) is 10.9. The Labute approximate surface area is 229 Å². The summed E-state index contributed by atoms with van der Waals surface area (Å²) >= 11 is 1.50. The molecule has 0 bridgehead atoms. The smallest absolute Gasteiger partial charge is 0.336 e. The molecule has 0 atom stereocenters. The van der Waals surface area contributed by atoms with Gasteiger partial charge in [-0.05, 0) is 47.7 Å². The van der Waals surface area contributed by atoms with Crippen LogP contribution in [0.15, 0.2) is 93.6 Å². The van der Waals surface area contributed by atoms with Crippen LogP contribution in [0.4, 0.5) is 0 Å². The van der Waals surface area contributed by atoms with E-state index in [0.29, 0.717) is 34.1 Å². The second-order valence-electron chi connectivity index (χ2n) is 9.91. The van der Waals surface area contributed by atoms with Crippen molar-refractivity contribution < 1.29 is 9.90 Å². The third-order valence-electron chi connectivity index (χ3n) is 7.36. The quantitative estimate of drug-likeness (QED) is 0.239. The summed E-state index contributed by atoms with van der Waals surface area (Å²) in [6, 6.07) is 24.9. The normalized spacial score (nSPS) is 14.1. The highest BCUT2D eigenvalue weighted by Crippen LogP contribution is 2.36. The van der Waals surface area contributed by atoms with E-state index in [1.807, 2.05) is 66.7 Å². The maximum atomic E-state index is 13.2. The van der Waals surface area contributed by atoms with E-state index >= 15 is 0 Å². The van der Waals surface area contributed by atoms with Gasteiger partial charge in [0.15, 0.2) is 0 Å². The zero-order valence-electron chi connectivity index (χ0n) is 21.3. The van der Waals surface area contributed by atoms with Gasteiger partial charge in [-0.3, -0.25) is 4.79 Å². The van der Waals surface area contributed by atoms with Gasteiger partial charge in [-0.25, -0.2) is 14.9 Å². The molecule has 196 valence electrons. The number of aromatic carboxylic acids is 1. The van der Waals surface area contributed by atoms with Crippen LogP contribution >= 0.6 is 11.8 Å². The Morgan fingerprint density at radius 2 is 1.67 bits per heavy atom. The first-order valence-electron chi connectivity index (χ1n) is 13.2. The molecule has 7 nitrogen and oxygen atoms in total. The summed E-state index contributed by atoms with van der Waals surface area (Å²) in [7, 11) is 0. The number of carbonyl (C=O) groups is 1. The van der Waals surface area contributed by atoms with Crippen LogP contribution in [0.1, 0.15) is 59.8 Å². The molecule has 0 spiro atoms. The Balaban J connectivity index is 1.41. The molecule has 1 saturated carbocycles. The van der Waals surface area contributed by atoms with Crippen molar-refractivity contribution >= 4 is 28.8 Å². The third-order valence-corrected chi connectivity index (χ3v) is 8.35. The second-order valence-corrected chi connectivity index (χ2v) is 11.0. The van der Waals surface area contributed by atoms with Gasteiger partial charge in [0.25, 0.3) is 5.56 Å². The molecule has 2 aromatic heterocycles. The number of nitrogens with zero attached hydrogens (tertiary/aromatic N) is 3. The molecular formula is C31H28N4O3S. The van der Waals surface area contributed by atoms with Crippen LogP contribution in [0, 0.1) is 0 Å². The summed E-state index contributed by atoms with van der Waals surface area (Å²) in [5.41, 5.74) is 3.73. The number of carboxylic acids is 1. The van der Waals surface area contributed by atoms with Crippen LogP contribution in [-0.4, -0.2) is 30.8 Å². The van der Waals surface area contributed by atoms with Gasteiger partial charge >= 0.3 is 5.97 Å². The van der Waals surface area contributed by atoms with E-state index in [2.05, 4.69) is 14.8 Å². The fourth-order valence-corrected chi connectivity index (χ4v) is 6.30. The first kappa shape index (κ1) is 25.1. The maximum absolute atomic E-state index is 13.2. The van der Waals surface area contributed by atoms with Gasteiger partial charge in [0.1, 0.15) is 21.9 Å². The number of benzene rings is 3. The number of imidazole rings is 1. The minimum Gasteiger partial charge on any atom is -0.478 e. The predicted octanol–water partition coefficient (Wildman–Crippen LogP) is 6.73. The molecule has 1 aliphatic carbocycles. The average molecular weight is 537 g/mol. The van der Waals surface area contributed by atoms with Crippen molar-refractivity contribution in [2.75, 3.05) is 0 Å². The molecule has 8 heteroatoms. The van der Waals surface area contributed by atoms with E-state index in [1.54, 1.807) is 12.1 Å². The average Bonchev–Trinajstić information content (AvgIpc) is 3.36. The van der Waals surface area contributed by atoms with E-state index in [0.717, 1.165) is 47.5 Å². The molecule has 5 aromatic rings. The molecule has 2 N–H and O–H groups in total. The number of hydrogen-bond acceptors (Lipinski definition) is 5. The molecule has 0 radical (unpaired) electrons. The number of nitrogens with one attached hydrogen (secondary N) is 1. The number of hydrogen-bond donors (Lipinski definition) is 2. The van der Waals surface area contributed by atoms with Gasteiger partial charge in [-0.2, -0.15) is 5.10 Å². The van der Waals surface area contributed by atoms with Crippen LogP contribution < -0.4 is 5.56 Å². The van der Waals surface area contributed by atoms with Crippen molar-refractivity contribution in [1.29, 1.82) is 0 Å². The Morgan fingerprint density at radius 3 is 2.41 bits per heavy atom. The summed E-state index contributed by atoms with van der Waals surface area (Å²) in [6.45, 7) is 0.492. The lowest BCUT2D eigenvalue weighted by Gasteiger charge is -2.22. The minimum atomic E-state index is -0.950. The van der Waals surface area contributed by atoms with Crippen LogP contribution in [0.5, 0.6) is 0 Å². The lowest BCUT2D eigenvalue weighted by atomic mass is 9.88. The van der Waals surface area contributed by atoms with Gasteiger partial charge in [0.05, 0.1) is 5.56 Å². The van der Waals surface area contributed by atoms with Gasteiger partial charge in [0.2, 0.25) is 0 Å². The van der Waals surface area contributed by atoms with Crippen molar-refractivity contribution in [1.82, 2.24) is 19.7 Å². The Kier molecular flexibility index (Phi) is 7.02. The molecule has 0 aliphatic heterocycles. The van der Waals surface area contributed by atoms with Crippen LogP contribution in [0.3, 0.4) is 0 Å². The van der Waals surface area contributed by atoms with E-state index in [4.69, 9.17) is 4.98 Å². The molecule has 1 aliphatic rings. The molecule has 1 fully saturated rings. The zero-order valence-corrected chi connectivity index (χ0v) is 22.2. The summed E-state index contributed by atoms with van der Waals surface area (Å²) in [5.74, 6) is 0.286. The molecule has 39 heavy (non-hydrogen) atoms. The van der Waals surface area contributed by atoms with Gasteiger partial charge in [0, 0.05) is 17.4 Å². The maximum Gasteiger partial charge on any atom is 0.336 e. The van der Waals surface area contributed by atoms with Gasteiger partial charge in [-0.15, -0.1) is 0 Å². The summed E-state index contributed by atoms with van der Waals surface area (Å²) in [4.78, 5) is 31.0. The predicted molar refractivity (Wildman–Crippen MR) is 152 cm³/mol. The topological polar surface area (TPSA) is 101 Å². The number of fused-ring (bicyclic) bond motifs is 1. The van der Waals surface area contributed by atoms with Gasteiger partial charge in [-0.1, -0.05) is 91.7 Å². The van der Waals surface area contributed by atoms with Crippen molar-refractivity contribution in [3.63, 3.8) is 0 Å². The molecule has 0 amide bonds. The van der Waals surface area contributed by atoms with E-state index in [1.165, 1.54) is 18.2 Å². The fourth-order valence-electron chi connectivity index (χ4n) is 5.45. The fraction of sp³-hybridized carbons (Fsp3) is 0.226. The van der Waals surface area contributed by atoms with Crippen LogP contribution in [0.2, 0.25) is 0 Å². The standard InChI is InChI=1S/C31H28N4O3S/c36-29-27-26(30(34-33-29)39-23-11-5-2-6-12-23)32-28(22-9-3-1-4-10-22)35(27)19-20-15-17-21(18-16-20)24-13-7-8-14-25(24)31(37)38/h2,5-8,11-18,22H,1,3-4,9-10,19H2,(H,33,36)(H,37,38). The zero-order chi connectivity index (χ0) is 26.8. The molecule has 3 aromatic carbocycles. The molecule has 6 rings (SSSR count). The summed E-state index contributed by atoms with van der Waals surface area (Å²) in [5, 5.41) is 17.4. The van der Waals surface area contributed by atoms with Gasteiger partial charge < -0.3 is 9.67 Å². The first-order valence-corrected chi connectivity index (χ1v) is 14.0. The first-order chi connectivity index (χ1) is 19.1. The van der Waals surface area contributed by atoms with E-state index in [9.17, 15) is 14.7 Å². The monoisotopic (exact) mass is 536 g/mol. The Morgan fingerprint density at radius 1 is 0.949 bits per heavy atom. The van der Waals surface area contributed by atoms with E-state index in [-0.39, 0.29) is 11.1 Å². The summed E-state index contributed by atoms with van der Waals surface area (Å²) in [6.07, 6.45) is 5.66. The van der Waals surface area contributed by atoms with Crippen molar-refractivity contribution in [2.24, 2.45) is 0 Å².